The van der Waals surface area contributed by atoms with Crippen LogP contribution in [0.25, 0.3) is 0 Å². The first-order chi connectivity index (χ1) is 7.99. The van der Waals surface area contributed by atoms with Crippen molar-refractivity contribution < 1.29 is 8.42 Å². The summed E-state index contributed by atoms with van der Waals surface area (Å²) in [4.78, 5) is 0. The van der Waals surface area contributed by atoms with Crippen LogP contribution in [0.2, 0.25) is 0 Å². The lowest BCUT2D eigenvalue weighted by Gasteiger charge is -2.08. The van der Waals surface area contributed by atoms with Gasteiger partial charge in [0.05, 0.1) is 0 Å². The molecule has 1 aliphatic heterocycles. The molecule has 0 aliphatic carbocycles. The highest BCUT2D eigenvalue weighted by Gasteiger charge is 2.30. The summed E-state index contributed by atoms with van der Waals surface area (Å²) >= 11 is 3.41. The van der Waals surface area contributed by atoms with Crippen LogP contribution in [0.1, 0.15) is 11.1 Å². The van der Waals surface area contributed by atoms with Gasteiger partial charge in [-0.3, -0.25) is 0 Å². The normalized spacial score (nSPS) is 16.1. The van der Waals surface area contributed by atoms with E-state index in [1.165, 1.54) is 9.87 Å². The van der Waals surface area contributed by atoms with Gasteiger partial charge in [-0.05, 0) is 36.6 Å². The van der Waals surface area contributed by atoms with Crippen LogP contribution in [0.3, 0.4) is 0 Å². The topological polar surface area (TPSA) is 49.2 Å². The summed E-state index contributed by atoms with van der Waals surface area (Å²) in [6.07, 6.45) is 0.707. The van der Waals surface area contributed by atoms with Gasteiger partial charge in [0.2, 0.25) is 0 Å². The highest BCUT2D eigenvalue weighted by molar-refractivity contribution is 9.10. The van der Waals surface area contributed by atoms with Gasteiger partial charge in [0.15, 0.2) is 0 Å². The lowest BCUT2D eigenvalue weighted by molar-refractivity contribution is 0.547. The van der Waals surface area contributed by atoms with Crippen LogP contribution in [0.5, 0.6) is 0 Å². The number of aryl methyl sites for hydroxylation is 1. The van der Waals surface area contributed by atoms with E-state index in [2.05, 4.69) is 20.7 Å². The number of halogens is 1. The highest BCUT2D eigenvalue weighted by Crippen LogP contribution is 2.16. The van der Waals surface area contributed by atoms with Crippen molar-refractivity contribution >= 4 is 26.1 Å². The van der Waals surface area contributed by atoms with Crippen LogP contribution in [0.15, 0.2) is 22.7 Å². The molecule has 17 heavy (non-hydrogen) atoms. The van der Waals surface area contributed by atoms with Gasteiger partial charge in [-0.1, -0.05) is 22.0 Å². The van der Waals surface area contributed by atoms with Crippen LogP contribution in [-0.2, 0) is 16.6 Å². The maximum absolute atomic E-state index is 11.5. The maximum Gasteiger partial charge on any atom is 0.279 e. The first-order valence-electron chi connectivity index (χ1n) is 5.49. The Morgan fingerprint density at radius 2 is 2.12 bits per heavy atom. The van der Waals surface area contributed by atoms with E-state index in [1.807, 2.05) is 25.1 Å². The zero-order valence-electron chi connectivity index (χ0n) is 9.61. The SMILES string of the molecule is Cc1ccc(Br)cc1CCNS(=O)(=O)N1CC1. The number of rotatable bonds is 5. The molecule has 1 fully saturated rings. The van der Waals surface area contributed by atoms with Crippen molar-refractivity contribution in [2.24, 2.45) is 0 Å². The quantitative estimate of drug-likeness (QED) is 0.835. The van der Waals surface area contributed by atoms with Gasteiger partial charge in [-0.15, -0.1) is 0 Å². The highest BCUT2D eigenvalue weighted by atomic mass is 79.9. The fourth-order valence-electron chi connectivity index (χ4n) is 1.60. The summed E-state index contributed by atoms with van der Waals surface area (Å²) in [5, 5.41) is 0. The molecular weight excluding hydrogens is 304 g/mol. The smallest absolute Gasteiger partial charge is 0.202 e. The molecule has 94 valence electrons. The second-order valence-electron chi connectivity index (χ2n) is 4.12. The Morgan fingerprint density at radius 1 is 1.41 bits per heavy atom. The van der Waals surface area contributed by atoms with Gasteiger partial charge in [-0.25, -0.2) is 4.72 Å². The second-order valence-corrected chi connectivity index (χ2v) is 6.79. The zero-order valence-corrected chi connectivity index (χ0v) is 12.0. The third kappa shape index (κ3) is 3.51. The van der Waals surface area contributed by atoms with Gasteiger partial charge in [-0.2, -0.15) is 12.7 Å². The summed E-state index contributed by atoms with van der Waals surface area (Å²) in [6, 6.07) is 6.04. The first kappa shape index (κ1) is 13.0. The summed E-state index contributed by atoms with van der Waals surface area (Å²) in [6.45, 7) is 3.76. The van der Waals surface area contributed by atoms with Crippen LogP contribution < -0.4 is 4.72 Å². The lowest BCUT2D eigenvalue weighted by Crippen LogP contribution is -2.31. The molecular formula is C11H15BrN2O2S. The van der Waals surface area contributed by atoms with Gasteiger partial charge in [0, 0.05) is 24.1 Å². The number of nitrogens with zero attached hydrogens (tertiary/aromatic N) is 1. The molecule has 6 heteroatoms. The summed E-state index contributed by atoms with van der Waals surface area (Å²) < 4.78 is 28.1. The van der Waals surface area contributed by atoms with E-state index >= 15 is 0 Å². The van der Waals surface area contributed by atoms with Crippen molar-refractivity contribution in [3.8, 4) is 0 Å². The molecule has 1 aromatic carbocycles. The van der Waals surface area contributed by atoms with E-state index < -0.39 is 10.2 Å². The van der Waals surface area contributed by atoms with Gasteiger partial charge in [0.1, 0.15) is 0 Å². The molecule has 0 unspecified atom stereocenters. The van der Waals surface area contributed by atoms with Crippen molar-refractivity contribution in [3.05, 3.63) is 33.8 Å². The van der Waals surface area contributed by atoms with Gasteiger partial charge in [0.25, 0.3) is 10.2 Å². The van der Waals surface area contributed by atoms with E-state index in [4.69, 9.17) is 0 Å². The van der Waals surface area contributed by atoms with E-state index in [1.54, 1.807) is 0 Å². The molecule has 4 nitrogen and oxygen atoms in total. The first-order valence-corrected chi connectivity index (χ1v) is 7.72. The third-order valence-electron chi connectivity index (χ3n) is 2.74. The molecule has 1 aromatic rings. The Labute approximate surface area is 110 Å². The molecule has 1 heterocycles. The minimum atomic E-state index is -3.21. The zero-order chi connectivity index (χ0) is 12.5. The largest absolute Gasteiger partial charge is 0.279 e. The van der Waals surface area contributed by atoms with Crippen molar-refractivity contribution in [1.29, 1.82) is 0 Å². The monoisotopic (exact) mass is 318 g/mol. The fraction of sp³-hybridized carbons (Fsp3) is 0.455. The minimum absolute atomic E-state index is 0.441. The molecule has 2 rings (SSSR count). The van der Waals surface area contributed by atoms with Crippen LogP contribution in [-0.4, -0.2) is 32.4 Å². The average Bonchev–Trinajstić information content (AvgIpc) is 3.06. The molecule has 0 bridgehead atoms. The van der Waals surface area contributed by atoms with Crippen LogP contribution in [0.4, 0.5) is 0 Å². The standard InChI is InChI=1S/C11H15BrN2O2S/c1-9-2-3-11(12)8-10(9)4-5-13-17(15,16)14-6-7-14/h2-3,8,13H,4-7H2,1H3. The fourth-order valence-corrected chi connectivity index (χ4v) is 3.11. The third-order valence-corrected chi connectivity index (χ3v) is 4.84. The second kappa shape index (κ2) is 5.06. The van der Waals surface area contributed by atoms with E-state index in [0.29, 0.717) is 26.1 Å². The molecule has 0 spiro atoms. The molecule has 1 saturated heterocycles. The molecule has 0 amide bonds. The molecule has 0 saturated carbocycles. The van der Waals surface area contributed by atoms with Gasteiger partial charge < -0.3 is 0 Å². The van der Waals surface area contributed by atoms with E-state index in [-0.39, 0.29) is 0 Å². The Hall–Kier alpha value is -0.430. The summed E-state index contributed by atoms with van der Waals surface area (Å²) in [7, 11) is -3.21. The molecule has 0 atom stereocenters. The average molecular weight is 319 g/mol. The lowest BCUT2D eigenvalue weighted by atomic mass is 10.1. The molecule has 0 radical (unpaired) electrons. The summed E-state index contributed by atoms with van der Waals surface area (Å²) in [5.74, 6) is 0. The van der Waals surface area contributed by atoms with Crippen molar-refractivity contribution in [3.63, 3.8) is 0 Å². The Balaban J connectivity index is 1.91. The van der Waals surface area contributed by atoms with E-state index in [9.17, 15) is 8.42 Å². The molecule has 1 N–H and O–H groups in total. The molecule has 1 aliphatic rings. The maximum atomic E-state index is 11.5. The molecule has 0 aromatic heterocycles. The number of hydrogen-bond donors (Lipinski definition) is 1. The summed E-state index contributed by atoms with van der Waals surface area (Å²) in [5.41, 5.74) is 2.34. The number of nitrogens with one attached hydrogen (secondary N) is 1. The minimum Gasteiger partial charge on any atom is -0.202 e. The Bertz CT molecular complexity index is 512. The van der Waals surface area contributed by atoms with E-state index in [0.717, 1.165) is 10.0 Å². The predicted octanol–water partition coefficient (Wildman–Crippen LogP) is 1.45. The predicted molar refractivity (Wildman–Crippen MR) is 71.1 cm³/mol. The number of hydrogen-bond acceptors (Lipinski definition) is 2. The van der Waals surface area contributed by atoms with Crippen molar-refractivity contribution in [2.45, 2.75) is 13.3 Å². The number of benzene rings is 1. The van der Waals surface area contributed by atoms with Crippen LogP contribution in [0, 0.1) is 6.92 Å². The van der Waals surface area contributed by atoms with Gasteiger partial charge >= 0.3 is 0 Å². The Kier molecular flexibility index (Phi) is 3.87. The van der Waals surface area contributed by atoms with Crippen LogP contribution >= 0.6 is 15.9 Å². The van der Waals surface area contributed by atoms with Crippen molar-refractivity contribution in [2.75, 3.05) is 19.6 Å². The van der Waals surface area contributed by atoms with Crippen molar-refractivity contribution in [1.82, 2.24) is 9.03 Å². The Morgan fingerprint density at radius 3 is 2.76 bits per heavy atom.